The normalized spacial score (nSPS) is 21.8. The minimum absolute atomic E-state index is 0.0583. The van der Waals surface area contributed by atoms with Gasteiger partial charge in [0, 0.05) is 19.0 Å². The van der Waals surface area contributed by atoms with Gasteiger partial charge in [0.15, 0.2) is 0 Å². The molecule has 2 amide bonds. The van der Waals surface area contributed by atoms with Crippen LogP contribution < -0.4 is 10.6 Å². The Bertz CT molecular complexity index is 329. The highest BCUT2D eigenvalue weighted by atomic mass is 16.4. The molecule has 5 nitrogen and oxygen atoms in total. The van der Waals surface area contributed by atoms with Crippen molar-refractivity contribution in [1.29, 1.82) is 0 Å². The molecular formula is C14H26N2O3. The van der Waals surface area contributed by atoms with Crippen molar-refractivity contribution in [2.75, 3.05) is 6.54 Å². The molecule has 0 aromatic carbocycles. The number of aliphatic carboxylic acids is 1. The zero-order chi connectivity index (χ0) is 14.5. The van der Waals surface area contributed by atoms with Gasteiger partial charge in [0.05, 0.1) is 0 Å². The molecule has 0 bridgehead atoms. The van der Waals surface area contributed by atoms with E-state index in [1.807, 2.05) is 13.8 Å². The van der Waals surface area contributed by atoms with Crippen molar-refractivity contribution in [1.82, 2.24) is 10.6 Å². The molecule has 1 saturated carbocycles. The zero-order valence-corrected chi connectivity index (χ0v) is 12.2. The van der Waals surface area contributed by atoms with Crippen molar-refractivity contribution in [3.63, 3.8) is 0 Å². The quantitative estimate of drug-likeness (QED) is 0.633. The number of carboxylic acids is 1. The number of carbonyl (C=O) groups is 2. The maximum Gasteiger partial charge on any atom is 0.315 e. The molecule has 0 aromatic heterocycles. The summed E-state index contributed by atoms with van der Waals surface area (Å²) in [6, 6.07) is 0.250. The summed E-state index contributed by atoms with van der Waals surface area (Å²) < 4.78 is 0. The van der Waals surface area contributed by atoms with Crippen LogP contribution in [0, 0.1) is 11.3 Å². The summed E-state index contributed by atoms with van der Waals surface area (Å²) in [5, 5.41) is 14.5. The van der Waals surface area contributed by atoms with Gasteiger partial charge in [0.25, 0.3) is 0 Å². The Hall–Kier alpha value is -1.26. The van der Waals surface area contributed by atoms with Gasteiger partial charge in [-0.05, 0) is 30.6 Å². The van der Waals surface area contributed by atoms with E-state index in [-0.39, 0.29) is 17.9 Å². The molecule has 0 heterocycles. The van der Waals surface area contributed by atoms with Crippen LogP contribution in [0.3, 0.4) is 0 Å². The number of hydrogen-bond acceptors (Lipinski definition) is 2. The Labute approximate surface area is 115 Å². The Balaban J connectivity index is 2.11. The molecule has 5 heteroatoms. The fourth-order valence-electron chi connectivity index (χ4n) is 2.18. The molecule has 2 atom stereocenters. The summed E-state index contributed by atoms with van der Waals surface area (Å²) in [6.07, 6.45) is 3.81. The van der Waals surface area contributed by atoms with Gasteiger partial charge in [-0.1, -0.05) is 27.2 Å². The molecule has 19 heavy (non-hydrogen) atoms. The maximum absolute atomic E-state index is 11.6. The van der Waals surface area contributed by atoms with Gasteiger partial charge < -0.3 is 15.7 Å². The van der Waals surface area contributed by atoms with Gasteiger partial charge in [-0.3, -0.25) is 4.79 Å². The molecule has 1 fully saturated rings. The summed E-state index contributed by atoms with van der Waals surface area (Å²) >= 11 is 0. The number of urea groups is 1. The van der Waals surface area contributed by atoms with Crippen LogP contribution in [-0.4, -0.2) is 29.7 Å². The summed E-state index contributed by atoms with van der Waals surface area (Å²) in [6.45, 7) is 6.78. The summed E-state index contributed by atoms with van der Waals surface area (Å²) in [5.74, 6) is -0.115. The van der Waals surface area contributed by atoms with Crippen LogP contribution in [-0.2, 0) is 4.79 Å². The van der Waals surface area contributed by atoms with Crippen LogP contribution in [0.2, 0.25) is 0 Å². The highest BCUT2D eigenvalue weighted by molar-refractivity contribution is 5.74. The monoisotopic (exact) mass is 270 g/mol. The highest BCUT2D eigenvalue weighted by Crippen LogP contribution is 2.32. The summed E-state index contributed by atoms with van der Waals surface area (Å²) in [4.78, 5) is 22.1. The lowest BCUT2D eigenvalue weighted by Crippen LogP contribution is -2.39. The minimum atomic E-state index is -0.766. The van der Waals surface area contributed by atoms with Gasteiger partial charge in [-0.25, -0.2) is 4.79 Å². The first kappa shape index (κ1) is 15.8. The molecule has 1 rings (SSSR count). The van der Waals surface area contributed by atoms with E-state index in [2.05, 4.69) is 17.6 Å². The van der Waals surface area contributed by atoms with Gasteiger partial charge >= 0.3 is 12.0 Å². The molecule has 1 aliphatic rings. The molecule has 2 unspecified atom stereocenters. The lowest BCUT2D eigenvalue weighted by atomic mass is 9.84. The molecule has 1 aliphatic carbocycles. The third-order valence-corrected chi connectivity index (χ3v) is 3.87. The third-order valence-electron chi connectivity index (χ3n) is 3.87. The molecular weight excluding hydrogens is 244 g/mol. The van der Waals surface area contributed by atoms with Crippen molar-refractivity contribution in [3.05, 3.63) is 0 Å². The number of amides is 2. The maximum atomic E-state index is 11.6. The van der Waals surface area contributed by atoms with Crippen LogP contribution in [0.25, 0.3) is 0 Å². The van der Waals surface area contributed by atoms with E-state index >= 15 is 0 Å². The van der Waals surface area contributed by atoms with E-state index < -0.39 is 5.97 Å². The van der Waals surface area contributed by atoms with Crippen molar-refractivity contribution in [2.45, 2.75) is 58.9 Å². The number of hydrogen-bond donors (Lipinski definition) is 3. The molecule has 110 valence electrons. The largest absolute Gasteiger partial charge is 0.481 e. The topological polar surface area (TPSA) is 78.4 Å². The van der Waals surface area contributed by atoms with Crippen LogP contribution in [0.15, 0.2) is 0 Å². The molecule has 0 radical (unpaired) electrons. The SMILES string of the molecule is CCC1CC1NC(=O)NCCC(C)(C)CCC(=O)O. The van der Waals surface area contributed by atoms with E-state index in [9.17, 15) is 9.59 Å². The smallest absolute Gasteiger partial charge is 0.315 e. The second-order valence-electron chi connectivity index (χ2n) is 6.22. The molecule has 0 aromatic rings. The number of carboxylic acid groups (broad SMARTS) is 1. The zero-order valence-electron chi connectivity index (χ0n) is 12.2. The molecule has 3 N–H and O–H groups in total. The molecule has 0 aliphatic heterocycles. The first-order valence-corrected chi connectivity index (χ1v) is 7.10. The number of rotatable bonds is 8. The summed E-state index contributed by atoms with van der Waals surface area (Å²) in [5.41, 5.74) is -0.0583. The molecule has 0 spiro atoms. The summed E-state index contributed by atoms with van der Waals surface area (Å²) in [7, 11) is 0. The predicted octanol–water partition coefficient (Wildman–Crippen LogP) is 2.37. The van der Waals surface area contributed by atoms with Crippen molar-refractivity contribution >= 4 is 12.0 Å². The highest BCUT2D eigenvalue weighted by Gasteiger charge is 2.36. The van der Waals surface area contributed by atoms with E-state index in [4.69, 9.17) is 5.11 Å². The van der Waals surface area contributed by atoms with Gasteiger partial charge in [0.1, 0.15) is 0 Å². The van der Waals surface area contributed by atoms with Gasteiger partial charge in [-0.2, -0.15) is 0 Å². The van der Waals surface area contributed by atoms with Crippen molar-refractivity contribution < 1.29 is 14.7 Å². The van der Waals surface area contributed by atoms with Crippen LogP contribution >= 0.6 is 0 Å². The Morgan fingerprint density at radius 2 is 2.00 bits per heavy atom. The Morgan fingerprint density at radius 3 is 2.53 bits per heavy atom. The fraction of sp³-hybridized carbons (Fsp3) is 0.857. The second kappa shape index (κ2) is 6.78. The van der Waals surface area contributed by atoms with Crippen LogP contribution in [0.4, 0.5) is 4.79 Å². The minimum Gasteiger partial charge on any atom is -0.481 e. The van der Waals surface area contributed by atoms with E-state index in [0.717, 1.165) is 19.3 Å². The first-order valence-electron chi connectivity index (χ1n) is 7.10. The lowest BCUT2D eigenvalue weighted by Gasteiger charge is -2.23. The Morgan fingerprint density at radius 1 is 1.32 bits per heavy atom. The van der Waals surface area contributed by atoms with Gasteiger partial charge in [0.2, 0.25) is 0 Å². The average molecular weight is 270 g/mol. The van der Waals surface area contributed by atoms with Crippen LogP contribution in [0.1, 0.15) is 52.9 Å². The fourth-order valence-corrected chi connectivity index (χ4v) is 2.18. The van der Waals surface area contributed by atoms with E-state index in [1.165, 1.54) is 0 Å². The number of carbonyl (C=O) groups excluding carboxylic acids is 1. The van der Waals surface area contributed by atoms with Gasteiger partial charge in [-0.15, -0.1) is 0 Å². The average Bonchev–Trinajstić information content (AvgIpc) is 3.04. The molecule has 0 saturated heterocycles. The van der Waals surface area contributed by atoms with E-state index in [1.54, 1.807) is 0 Å². The van der Waals surface area contributed by atoms with Crippen molar-refractivity contribution in [2.24, 2.45) is 11.3 Å². The predicted molar refractivity (Wildman–Crippen MR) is 74.0 cm³/mol. The van der Waals surface area contributed by atoms with E-state index in [0.29, 0.717) is 24.9 Å². The van der Waals surface area contributed by atoms with Crippen LogP contribution in [0.5, 0.6) is 0 Å². The lowest BCUT2D eigenvalue weighted by molar-refractivity contribution is -0.137. The number of nitrogens with one attached hydrogen (secondary N) is 2. The first-order chi connectivity index (χ1) is 8.84. The standard InChI is InChI=1S/C14H26N2O3/c1-4-10-9-11(10)16-13(19)15-8-7-14(2,3)6-5-12(17)18/h10-11H,4-9H2,1-3H3,(H,17,18)(H2,15,16,19). The third kappa shape index (κ3) is 6.45. The van der Waals surface area contributed by atoms with Crippen molar-refractivity contribution in [3.8, 4) is 0 Å². The Kier molecular flexibility index (Phi) is 5.63. The second-order valence-corrected chi connectivity index (χ2v) is 6.22.